The molecule has 1 aromatic carbocycles. The maximum atomic E-state index is 13.5. The molecule has 1 saturated heterocycles. The molecule has 1 aliphatic rings. The van der Waals surface area contributed by atoms with Gasteiger partial charge in [0.15, 0.2) is 0 Å². The molecule has 2 amide bonds. The van der Waals surface area contributed by atoms with Crippen LogP contribution in [0.2, 0.25) is 5.02 Å². The van der Waals surface area contributed by atoms with Crippen molar-refractivity contribution in [1.82, 2.24) is 25.2 Å². The number of carbonyl (C=O) groups excluding carboxylic acids is 2. The van der Waals surface area contributed by atoms with Gasteiger partial charge in [0.2, 0.25) is 11.8 Å². The molecule has 1 fully saturated rings. The van der Waals surface area contributed by atoms with E-state index in [1.165, 1.54) is 22.8 Å². The quantitative estimate of drug-likeness (QED) is 0.632. The van der Waals surface area contributed by atoms with Crippen LogP contribution in [-0.4, -0.2) is 67.7 Å². The van der Waals surface area contributed by atoms with Crippen LogP contribution < -0.4 is 5.32 Å². The number of likely N-dealkylation sites (N-methyl/N-ethyl adjacent to an activating group) is 1. The van der Waals surface area contributed by atoms with E-state index in [0.29, 0.717) is 10.6 Å². The molecule has 1 aliphatic heterocycles. The summed E-state index contributed by atoms with van der Waals surface area (Å²) in [6, 6.07) is 5.19. The van der Waals surface area contributed by atoms with Crippen molar-refractivity contribution in [2.45, 2.75) is 51.5 Å². The Labute approximate surface area is 186 Å². The van der Waals surface area contributed by atoms with Crippen LogP contribution in [0, 0.1) is 5.41 Å². The van der Waals surface area contributed by atoms with Gasteiger partial charge >= 0.3 is 0 Å². The van der Waals surface area contributed by atoms with E-state index in [0.717, 1.165) is 0 Å². The van der Waals surface area contributed by atoms with Crippen LogP contribution in [0.15, 0.2) is 30.5 Å². The van der Waals surface area contributed by atoms with Gasteiger partial charge in [0, 0.05) is 25.0 Å². The SMILES string of the molecule is CNC(=O)C1CC(O)CN1C(=O)[C@@H](n1cc(C(O)c2ccc(Cl)cc2)nn1)C(C)(C)C. The van der Waals surface area contributed by atoms with Crippen LogP contribution in [0.25, 0.3) is 0 Å². The number of hydrogen-bond donors (Lipinski definition) is 3. The third-order valence-corrected chi connectivity index (χ3v) is 5.68. The Balaban J connectivity index is 1.91. The van der Waals surface area contributed by atoms with Gasteiger partial charge < -0.3 is 20.4 Å². The summed E-state index contributed by atoms with van der Waals surface area (Å²) in [4.78, 5) is 27.2. The molecule has 10 heteroatoms. The van der Waals surface area contributed by atoms with E-state index in [-0.39, 0.29) is 30.5 Å². The van der Waals surface area contributed by atoms with E-state index in [4.69, 9.17) is 11.6 Å². The molecule has 168 valence electrons. The molecule has 3 N–H and O–H groups in total. The highest BCUT2D eigenvalue weighted by atomic mass is 35.5. The van der Waals surface area contributed by atoms with Gasteiger partial charge in [0.25, 0.3) is 0 Å². The highest BCUT2D eigenvalue weighted by Crippen LogP contribution is 2.35. The molecule has 3 rings (SSSR count). The molecule has 1 aromatic heterocycles. The van der Waals surface area contributed by atoms with Crippen LogP contribution in [0.1, 0.15) is 50.6 Å². The average Bonchev–Trinajstić information content (AvgIpc) is 3.33. The number of amides is 2. The first-order valence-electron chi connectivity index (χ1n) is 10.1. The van der Waals surface area contributed by atoms with Gasteiger partial charge in [0.05, 0.1) is 12.3 Å². The fourth-order valence-electron chi connectivity index (χ4n) is 3.87. The number of aliphatic hydroxyl groups excluding tert-OH is 2. The van der Waals surface area contributed by atoms with E-state index in [1.807, 2.05) is 20.8 Å². The molecule has 0 bridgehead atoms. The lowest BCUT2D eigenvalue weighted by Gasteiger charge is -2.34. The van der Waals surface area contributed by atoms with Crippen molar-refractivity contribution in [1.29, 1.82) is 0 Å². The first kappa shape index (κ1) is 23.2. The van der Waals surface area contributed by atoms with E-state index < -0.39 is 29.7 Å². The molecule has 4 atom stereocenters. The third-order valence-electron chi connectivity index (χ3n) is 5.42. The maximum Gasteiger partial charge on any atom is 0.248 e. The zero-order valence-corrected chi connectivity index (χ0v) is 18.7. The number of nitrogens with zero attached hydrogens (tertiary/aromatic N) is 4. The molecule has 0 aliphatic carbocycles. The smallest absolute Gasteiger partial charge is 0.248 e. The Morgan fingerprint density at radius 2 is 1.90 bits per heavy atom. The second-order valence-electron chi connectivity index (χ2n) is 8.86. The van der Waals surface area contributed by atoms with E-state index >= 15 is 0 Å². The minimum absolute atomic E-state index is 0.0679. The van der Waals surface area contributed by atoms with Gasteiger partial charge in [0.1, 0.15) is 23.9 Å². The molecular formula is C21H28ClN5O4. The predicted molar refractivity (Wildman–Crippen MR) is 114 cm³/mol. The summed E-state index contributed by atoms with van der Waals surface area (Å²) in [6.07, 6.45) is -0.0897. The second kappa shape index (κ2) is 8.94. The van der Waals surface area contributed by atoms with Crippen LogP contribution in [-0.2, 0) is 9.59 Å². The van der Waals surface area contributed by atoms with Gasteiger partial charge in [-0.3, -0.25) is 9.59 Å². The number of β-amino-alcohol motifs (C(OH)–C–C–N with tert-alkyl or cyclic N) is 1. The van der Waals surface area contributed by atoms with E-state index in [2.05, 4.69) is 15.6 Å². The minimum atomic E-state index is -1.03. The molecule has 9 nitrogen and oxygen atoms in total. The number of halogens is 1. The standard InChI is InChI=1S/C21H28ClN5O4/c1-21(2,3)18(20(31)26-10-14(28)9-16(26)19(30)23-4)27-11-15(24-25-27)17(29)12-5-7-13(22)8-6-12/h5-8,11,14,16-18,28-29H,9-10H2,1-4H3,(H,23,30)/t14?,16?,17?,18-/m1/s1. The lowest BCUT2D eigenvalue weighted by Crippen LogP contribution is -2.49. The van der Waals surface area contributed by atoms with Gasteiger partial charge in [-0.15, -0.1) is 5.10 Å². The number of carbonyl (C=O) groups is 2. The fourth-order valence-corrected chi connectivity index (χ4v) is 3.99. The molecular weight excluding hydrogens is 422 g/mol. The van der Waals surface area contributed by atoms with Crippen molar-refractivity contribution in [3.8, 4) is 0 Å². The largest absolute Gasteiger partial charge is 0.391 e. The van der Waals surface area contributed by atoms with Crippen LogP contribution in [0.3, 0.4) is 0 Å². The average molecular weight is 450 g/mol. The Hall–Kier alpha value is -2.49. The lowest BCUT2D eigenvalue weighted by molar-refractivity contribution is -0.144. The van der Waals surface area contributed by atoms with Crippen LogP contribution in [0.4, 0.5) is 0 Å². The molecule has 2 heterocycles. The lowest BCUT2D eigenvalue weighted by atomic mass is 9.85. The number of rotatable bonds is 5. The molecule has 0 saturated carbocycles. The maximum absolute atomic E-state index is 13.5. The van der Waals surface area contributed by atoms with Gasteiger partial charge in [-0.1, -0.05) is 49.7 Å². The highest BCUT2D eigenvalue weighted by Gasteiger charge is 2.45. The number of aromatic nitrogens is 3. The van der Waals surface area contributed by atoms with E-state index in [1.54, 1.807) is 24.3 Å². The summed E-state index contributed by atoms with van der Waals surface area (Å²) in [5, 5.41) is 32.1. The van der Waals surface area contributed by atoms with Crippen molar-refractivity contribution in [3.05, 3.63) is 46.7 Å². The highest BCUT2D eigenvalue weighted by molar-refractivity contribution is 6.30. The Kier molecular flexibility index (Phi) is 6.68. The summed E-state index contributed by atoms with van der Waals surface area (Å²) >= 11 is 5.91. The summed E-state index contributed by atoms with van der Waals surface area (Å²) < 4.78 is 1.42. The number of aliphatic hydroxyl groups is 2. The summed E-state index contributed by atoms with van der Waals surface area (Å²) in [7, 11) is 1.50. The number of nitrogens with one attached hydrogen (secondary N) is 1. The molecule has 31 heavy (non-hydrogen) atoms. The van der Waals surface area contributed by atoms with Gasteiger partial charge in [-0.25, -0.2) is 4.68 Å². The van der Waals surface area contributed by atoms with Crippen molar-refractivity contribution >= 4 is 23.4 Å². The molecule has 0 radical (unpaired) electrons. The van der Waals surface area contributed by atoms with Gasteiger partial charge in [-0.05, 0) is 23.1 Å². The number of hydrogen-bond acceptors (Lipinski definition) is 6. The zero-order valence-electron chi connectivity index (χ0n) is 18.0. The van der Waals surface area contributed by atoms with Gasteiger partial charge in [-0.2, -0.15) is 0 Å². The number of benzene rings is 1. The molecule has 2 aromatic rings. The first-order chi connectivity index (χ1) is 14.5. The van der Waals surface area contributed by atoms with E-state index in [9.17, 15) is 19.8 Å². The predicted octanol–water partition coefficient (Wildman–Crippen LogP) is 1.31. The van der Waals surface area contributed by atoms with Crippen molar-refractivity contribution in [3.63, 3.8) is 0 Å². The Morgan fingerprint density at radius 1 is 1.26 bits per heavy atom. The number of likely N-dealkylation sites (tertiary alicyclic amines) is 1. The summed E-state index contributed by atoms with van der Waals surface area (Å²) in [6.45, 7) is 5.72. The first-order valence-corrected chi connectivity index (χ1v) is 10.5. The van der Waals surface area contributed by atoms with Crippen LogP contribution in [0.5, 0.6) is 0 Å². The Bertz CT molecular complexity index is 940. The summed E-state index contributed by atoms with van der Waals surface area (Å²) in [5.41, 5.74) is 0.305. The zero-order chi connectivity index (χ0) is 22.9. The van der Waals surface area contributed by atoms with Crippen LogP contribution >= 0.6 is 11.6 Å². The third kappa shape index (κ3) is 4.89. The normalized spacial score (nSPS) is 21.1. The monoisotopic (exact) mass is 449 g/mol. The Morgan fingerprint density at radius 3 is 2.48 bits per heavy atom. The molecule has 0 spiro atoms. The van der Waals surface area contributed by atoms with Crippen molar-refractivity contribution in [2.75, 3.05) is 13.6 Å². The van der Waals surface area contributed by atoms with Crippen molar-refractivity contribution in [2.24, 2.45) is 5.41 Å². The summed E-state index contributed by atoms with van der Waals surface area (Å²) in [5.74, 6) is -0.662. The fraction of sp³-hybridized carbons (Fsp3) is 0.524. The molecule has 3 unspecified atom stereocenters. The topological polar surface area (TPSA) is 121 Å². The second-order valence-corrected chi connectivity index (χ2v) is 9.29. The minimum Gasteiger partial charge on any atom is -0.391 e. The van der Waals surface area contributed by atoms with Crippen molar-refractivity contribution < 1.29 is 19.8 Å².